The standard InChI is InChI=1S/C11H16F3N3O4.ClH/c12-11(13,14)6-15-10(21)16-8(18)3-5-17-4-1-2-7(17)9(19)20;/h7H,1-6H2,(H,19,20)(H2,15,16,18,21);1H. The zero-order chi connectivity index (χ0) is 16.0. The van der Waals surface area contributed by atoms with Crippen molar-refractivity contribution in [2.75, 3.05) is 19.6 Å². The van der Waals surface area contributed by atoms with E-state index in [1.54, 1.807) is 10.2 Å². The quantitative estimate of drug-likeness (QED) is 0.681. The minimum atomic E-state index is -4.55. The summed E-state index contributed by atoms with van der Waals surface area (Å²) >= 11 is 0. The number of aliphatic carboxylic acids is 1. The number of alkyl halides is 3. The van der Waals surface area contributed by atoms with E-state index in [0.29, 0.717) is 19.4 Å². The van der Waals surface area contributed by atoms with Gasteiger partial charge in [-0.3, -0.25) is 19.8 Å². The number of hydrogen-bond acceptors (Lipinski definition) is 4. The maximum Gasteiger partial charge on any atom is 0.405 e. The fraction of sp³-hybridized carbons (Fsp3) is 0.727. The molecule has 7 nitrogen and oxygen atoms in total. The highest BCUT2D eigenvalue weighted by Gasteiger charge is 2.31. The Labute approximate surface area is 130 Å². The largest absolute Gasteiger partial charge is 0.480 e. The number of carbonyl (C=O) groups excluding carboxylic acids is 2. The maximum absolute atomic E-state index is 11.8. The van der Waals surface area contributed by atoms with Gasteiger partial charge in [0.2, 0.25) is 5.91 Å². The Morgan fingerprint density at radius 2 is 1.91 bits per heavy atom. The first-order valence-corrected chi connectivity index (χ1v) is 6.30. The van der Waals surface area contributed by atoms with Crippen LogP contribution in [0.4, 0.5) is 18.0 Å². The van der Waals surface area contributed by atoms with Gasteiger partial charge in [-0.15, -0.1) is 12.4 Å². The minimum Gasteiger partial charge on any atom is -0.480 e. The van der Waals surface area contributed by atoms with Gasteiger partial charge in [0.05, 0.1) is 0 Å². The van der Waals surface area contributed by atoms with Crippen LogP contribution in [0.2, 0.25) is 0 Å². The molecule has 1 saturated heterocycles. The number of urea groups is 1. The topological polar surface area (TPSA) is 98.7 Å². The summed E-state index contributed by atoms with van der Waals surface area (Å²) in [5.41, 5.74) is 0. The third-order valence-electron chi connectivity index (χ3n) is 2.98. The number of halogens is 4. The van der Waals surface area contributed by atoms with E-state index >= 15 is 0 Å². The van der Waals surface area contributed by atoms with Gasteiger partial charge >= 0.3 is 18.2 Å². The van der Waals surface area contributed by atoms with Crippen LogP contribution < -0.4 is 10.6 Å². The summed E-state index contributed by atoms with van der Waals surface area (Å²) in [6, 6.07) is -1.88. The lowest BCUT2D eigenvalue weighted by Gasteiger charge is -2.20. The van der Waals surface area contributed by atoms with Gasteiger partial charge in [0, 0.05) is 13.0 Å². The Kier molecular flexibility index (Phi) is 8.17. The normalized spacial score (nSPS) is 18.4. The number of nitrogens with one attached hydrogen (secondary N) is 2. The molecule has 3 N–H and O–H groups in total. The molecule has 0 radical (unpaired) electrons. The number of amides is 3. The Morgan fingerprint density at radius 3 is 2.45 bits per heavy atom. The van der Waals surface area contributed by atoms with Gasteiger partial charge in [-0.25, -0.2) is 4.79 Å². The second-order valence-corrected chi connectivity index (χ2v) is 4.63. The molecule has 0 aromatic rings. The van der Waals surface area contributed by atoms with Gasteiger partial charge in [0.1, 0.15) is 12.6 Å². The van der Waals surface area contributed by atoms with Crippen molar-refractivity contribution in [2.45, 2.75) is 31.5 Å². The Bertz CT molecular complexity index is 420. The van der Waals surface area contributed by atoms with Crippen LogP contribution in [0.5, 0.6) is 0 Å². The first kappa shape index (κ1) is 20.5. The predicted molar refractivity (Wildman–Crippen MR) is 71.7 cm³/mol. The van der Waals surface area contributed by atoms with E-state index in [4.69, 9.17) is 5.11 Å². The van der Waals surface area contributed by atoms with Crippen molar-refractivity contribution in [2.24, 2.45) is 0 Å². The molecule has 22 heavy (non-hydrogen) atoms. The summed E-state index contributed by atoms with van der Waals surface area (Å²) in [5, 5.41) is 12.2. The van der Waals surface area contributed by atoms with E-state index < -0.39 is 36.7 Å². The Hall–Kier alpha value is -1.55. The van der Waals surface area contributed by atoms with Gasteiger partial charge in [-0.05, 0) is 19.4 Å². The number of carboxylic acids is 1. The molecule has 1 fully saturated rings. The number of likely N-dealkylation sites (tertiary alicyclic amines) is 1. The molecule has 1 aliphatic heterocycles. The molecule has 0 aromatic heterocycles. The smallest absolute Gasteiger partial charge is 0.405 e. The molecule has 0 bridgehead atoms. The third kappa shape index (κ3) is 7.46. The van der Waals surface area contributed by atoms with Crippen LogP contribution in [0.25, 0.3) is 0 Å². The average molecular weight is 348 g/mol. The van der Waals surface area contributed by atoms with Gasteiger partial charge in [0.15, 0.2) is 0 Å². The first-order valence-electron chi connectivity index (χ1n) is 6.30. The van der Waals surface area contributed by atoms with E-state index in [9.17, 15) is 27.6 Å². The molecule has 1 heterocycles. The van der Waals surface area contributed by atoms with Crippen molar-refractivity contribution in [3.63, 3.8) is 0 Å². The van der Waals surface area contributed by atoms with Gasteiger partial charge in [-0.1, -0.05) is 0 Å². The number of rotatable bonds is 5. The second kappa shape index (κ2) is 8.79. The fourth-order valence-corrected chi connectivity index (χ4v) is 2.03. The van der Waals surface area contributed by atoms with Crippen molar-refractivity contribution in [3.05, 3.63) is 0 Å². The molecule has 1 aliphatic rings. The first-order chi connectivity index (χ1) is 9.69. The van der Waals surface area contributed by atoms with Crippen LogP contribution in [0.1, 0.15) is 19.3 Å². The third-order valence-corrected chi connectivity index (χ3v) is 2.98. The van der Waals surface area contributed by atoms with Crippen LogP contribution in [0.15, 0.2) is 0 Å². The van der Waals surface area contributed by atoms with Crippen molar-refractivity contribution < 1.29 is 32.7 Å². The van der Waals surface area contributed by atoms with Gasteiger partial charge in [-0.2, -0.15) is 13.2 Å². The number of carbonyl (C=O) groups is 3. The summed E-state index contributed by atoms with van der Waals surface area (Å²) in [5.74, 6) is -1.73. The van der Waals surface area contributed by atoms with Crippen LogP contribution in [-0.2, 0) is 9.59 Å². The van der Waals surface area contributed by atoms with Crippen LogP contribution >= 0.6 is 12.4 Å². The maximum atomic E-state index is 11.8. The second-order valence-electron chi connectivity index (χ2n) is 4.63. The highest BCUT2D eigenvalue weighted by molar-refractivity contribution is 5.94. The minimum absolute atomic E-state index is 0. The molecule has 11 heteroatoms. The molecule has 128 valence electrons. The fourth-order valence-electron chi connectivity index (χ4n) is 2.03. The molecular formula is C11H17ClF3N3O4. The van der Waals surface area contributed by atoms with Crippen LogP contribution in [0, 0.1) is 0 Å². The van der Waals surface area contributed by atoms with Crippen molar-refractivity contribution in [1.29, 1.82) is 0 Å². The van der Waals surface area contributed by atoms with Crippen LogP contribution in [-0.4, -0.2) is 59.8 Å². The van der Waals surface area contributed by atoms with Crippen molar-refractivity contribution in [3.8, 4) is 0 Å². The molecule has 0 aromatic carbocycles. The summed E-state index contributed by atoms with van der Waals surface area (Å²) in [7, 11) is 0. The lowest BCUT2D eigenvalue weighted by molar-refractivity contribution is -0.142. The van der Waals surface area contributed by atoms with Crippen LogP contribution in [0.3, 0.4) is 0 Å². The molecule has 3 amide bonds. The lowest BCUT2D eigenvalue weighted by atomic mass is 10.2. The van der Waals surface area contributed by atoms with Crippen molar-refractivity contribution in [1.82, 2.24) is 15.5 Å². The number of carboxylic acid groups (broad SMARTS) is 1. The number of nitrogens with zero attached hydrogens (tertiary/aromatic N) is 1. The zero-order valence-electron chi connectivity index (χ0n) is 11.5. The van der Waals surface area contributed by atoms with E-state index in [-0.39, 0.29) is 25.4 Å². The molecule has 0 aliphatic carbocycles. The Balaban J connectivity index is 0.00000441. The highest BCUT2D eigenvalue weighted by Crippen LogP contribution is 2.17. The molecule has 1 unspecified atom stereocenters. The summed E-state index contributed by atoms with van der Waals surface area (Å²) in [4.78, 5) is 34.9. The van der Waals surface area contributed by atoms with E-state index in [1.807, 2.05) is 0 Å². The van der Waals surface area contributed by atoms with E-state index in [1.165, 1.54) is 5.32 Å². The molecule has 0 saturated carbocycles. The molecule has 0 spiro atoms. The summed E-state index contributed by atoms with van der Waals surface area (Å²) < 4.78 is 35.5. The van der Waals surface area contributed by atoms with Gasteiger partial charge < -0.3 is 10.4 Å². The monoisotopic (exact) mass is 347 g/mol. The van der Waals surface area contributed by atoms with E-state index in [0.717, 1.165) is 0 Å². The highest BCUT2D eigenvalue weighted by atomic mass is 35.5. The summed E-state index contributed by atoms with van der Waals surface area (Å²) in [6.07, 6.45) is -3.53. The summed E-state index contributed by atoms with van der Waals surface area (Å²) in [6.45, 7) is -0.862. The molecule has 1 rings (SSSR count). The SMILES string of the molecule is Cl.O=C(CCN1CCCC1C(=O)O)NC(=O)NCC(F)(F)F. The van der Waals surface area contributed by atoms with Crippen molar-refractivity contribution >= 4 is 30.3 Å². The lowest BCUT2D eigenvalue weighted by Crippen LogP contribution is -2.44. The average Bonchev–Trinajstić information content (AvgIpc) is 2.81. The predicted octanol–water partition coefficient (Wildman–Crippen LogP) is 0.735. The van der Waals surface area contributed by atoms with E-state index in [2.05, 4.69) is 0 Å². The van der Waals surface area contributed by atoms with Gasteiger partial charge in [0.25, 0.3) is 0 Å². The number of imide groups is 1. The molecule has 1 atom stereocenters. The Morgan fingerprint density at radius 1 is 1.27 bits per heavy atom. The zero-order valence-corrected chi connectivity index (χ0v) is 12.3. The number of hydrogen-bond donors (Lipinski definition) is 3. The molecular weight excluding hydrogens is 331 g/mol.